The molecule has 3 N–H and O–H groups in total. The van der Waals surface area contributed by atoms with E-state index in [1.54, 1.807) is 6.92 Å². The summed E-state index contributed by atoms with van der Waals surface area (Å²) in [6.07, 6.45) is 3.22. The van der Waals surface area contributed by atoms with E-state index in [2.05, 4.69) is 5.32 Å². The van der Waals surface area contributed by atoms with E-state index in [1.165, 1.54) is 0 Å². The van der Waals surface area contributed by atoms with Crippen LogP contribution in [0.1, 0.15) is 26.2 Å². The molecule has 0 amide bonds. The normalized spacial score (nSPS) is 40.9. The second-order valence-electron chi connectivity index (χ2n) is 4.30. The Morgan fingerprint density at radius 2 is 2.23 bits per heavy atom. The van der Waals surface area contributed by atoms with E-state index in [9.17, 15) is 8.42 Å². The topological polar surface area (TPSA) is 82.1 Å². The molecular weight excluding hydrogens is 188 g/mol. The summed E-state index contributed by atoms with van der Waals surface area (Å²) in [7, 11) is -3.36. The Kier molecular flexibility index (Phi) is 1.94. The minimum atomic E-state index is -3.36. The van der Waals surface area contributed by atoms with E-state index < -0.39 is 15.3 Å². The maximum atomic E-state index is 11.2. The minimum absolute atomic E-state index is 0.131. The third-order valence-corrected chi connectivity index (χ3v) is 4.93. The third-order valence-electron chi connectivity index (χ3n) is 3.56. The second kappa shape index (κ2) is 2.68. The molecule has 1 saturated heterocycles. The Balaban J connectivity index is 2.17. The summed E-state index contributed by atoms with van der Waals surface area (Å²) in [5.74, 6) is 0.225. The minimum Gasteiger partial charge on any atom is -0.308 e. The average molecular weight is 204 g/mol. The zero-order chi connectivity index (χ0) is 9.69. The number of nitrogens with two attached hydrogens (primary N) is 1. The van der Waals surface area contributed by atoms with Crippen molar-refractivity contribution < 1.29 is 8.42 Å². The fourth-order valence-electron chi connectivity index (χ4n) is 2.56. The molecule has 2 aliphatic rings. The molecule has 0 radical (unpaired) electrons. The molecule has 5 heteroatoms. The van der Waals surface area contributed by atoms with Gasteiger partial charge in [-0.1, -0.05) is 6.42 Å². The van der Waals surface area contributed by atoms with Gasteiger partial charge in [-0.15, -0.1) is 0 Å². The maximum absolute atomic E-state index is 11.2. The SMILES string of the molecule is CC(C1CCCC12CN2)S(N)(=O)=O. The largest absolute Gasteiger partial charge is 0.308 e. The van der Waals surface area contributed by atoms with Crippen LogP contribution in [0.5, 0.6) is 0 Å². The number of hydrogen-bond acceptors (Lipinski definition) is 3. The van der Waals surface area contributed by atoms with Gasteiger partial charge in [-0.25, -0.2) is 13.6 Å². The van der Waals surface area contributed by atoms with Gasteiger partial charge in [-0.05, 0) is 25.7 Å². The summed E-state index contributed by atoms with van der Waals surface area (Å²) in [6, 6.07) is 0. The first-order chi connectivity index (χ1) is 5.96. The van der Waals surface area contributed by atoms with Crippen molar-refractivity contribution in [3.63, 3.8) is 0 Å². The molecule has 2 fully saturated rings. The first kappa shape index (κ1) is 9.43. The maximum Gasteiger partial charge on any atom is 0.212 e. The van der Waals surface area contributed by atoms with Crippen LogP contribution in [0.25, 0.3) is 0 Å². The molecule has 3 unspecified atom stereocenters. The van der Waals surface area contributed by atoms with Gasteiger partial charge in [0.25, 0.3) is 0 Å². The summed E-state index contributed by atoms with van der Waals surface area (Å²) >= 11 is 0. The van der Waals surface area contributed by atoms with Crippen LogP contribution in [-0.4, -0.2) is 25.8 Å². The summed E-state index contributed by atoms with van der Waals surface area (Å²) in [5.41, 5.74) is 0.131. The van der Waals surface area contributed by atoms with Gasteiger partial charge < -0.3 is 5.32 Å². The molecule has 1 aliphatic carbocycles. The van der Waals surface area contributed by atoms with E-state index in [1.807, 2.05) is 0 Å². The number of hydrogen-bond donors (Lipinski definition) is 2. The lowest BCUT2D eigenvalue weighted by atomic mass is 9.93. The van der Waals surface area contributed by atoms with Crippen molar-refractivity contribution in [2.75, 3.05) is 6.54 Å². The Morgan fingerprint density at radius 1 is 1.62 bits per heavy atom. The summed E-state index contributed by atoms with van der Waals surface area (Å²) in [4.78, 5) is 0. The van der Waals surface area contributed by atoms with Crippen molar-refractivity contribution in [2.45, 2.75) is 37.0 Å². The van der Waals surface area contributed by atoms with Crippen molar-refractivity contribution in [1.82, 2.24) is 5.32 Å². The van der Waals surface area contributed by atoms with Gasteiger partial charge in [-0.2, -0.15) is 0 Å². The first-order valence-electron chi connectivity index (χ1n) is 4.72. The molecule has 4 nitrogen and oxygen atoms in total. The molecule has 1 aliphatic heterocycles. The zero-order valence-electron chi connectivity index (χ0n) is 7.79. The van der Waals surface area contributed by atoms with Crippen LogP contribution in [0.2, 0.25) is 0 Å². The molecule has 0 aromatic rings. The molecule has 3 atom stereocenters. The standard InChI is InChI=1S/C8H16N2O2S/c1-6(13(9,11)12)7-3-2-4-8(7)5-10-8/h6-7,10H,2-5H2,1H3,(H2,9,11,12). The number of rotatable bonds is 2. The molecular formula is C8H16N2O2S. The average Bonchev–Trinajstić information content (AvgIpc) is 2.61. The zero-order valence-corrected chi connectivity index (χ0v) is 8.60. The number of primary sulfonamides is 1. The molecule has 2 rings (SSSR count). The first-order valence-corrected chi connectivity index (χ1v) is 6.33. The van der Waals surface area contributed by atoms with Gasteiger partial charge >= 0.3 is 0 Å². The molecule has 0 aromatic carbocycles. The fourth-order valence-corrected chi connectivity index (χ4v) is 3.42. The summed E-state index contributed by atoms with van der Waals surface area (Å²) in [5, 5.41) is 8.05. The van der Waals surface area contributed by atoms with Crippen LogP contribution >= 0.6 is 0 Å². The molecule has 1 spiro atoms. The second-order valence-corrected chi connectivity index (χ2v) is 6.22. The van der Waals surface area contributed by atoms with E-state index in [0.29, 0.717) is 0 Å². The predicted molar refractivity (Wildman–Crippen MR) is 50.6 cm³/mol. The molecule has 0 aromatic heterocycles. The van der Waals surface area contributed by atoms with Gasteiger partial charge in [0.15, 0.2) is 0 Å². The Bertz CT molecular complexity index is 308. The van der Waals surface area contributed by atoms with Crippen molar-refractivity contribution in [3.05, 3.63) is 0 Å². The van der Waals surface area contributed by atoms with Gasteiger partial charge in [0, 0.05) is 12.1 Å². The van der Waals surface area contributed by atoms with E-state index >= 15 is 0 Å². The van der Waals surface area contributed by atoms with Gasteiger partial charge in [-0.3, -0.25) is 0 Å². The lowest BCUT2D eigenvalue weighted by Gasteiger charge is -2.22. The van der Waals surface area contributed by atoms with Gasteiger partial charge in [0.05, 0.1) is 5.25 Å². The predicted octanol–water partition coefficient (Wildman–Crippen LogP) is -0.194. The van der Waals surface area contributed by atoms with Crippen molar-refractivity contribution in [2.24, 2.45) is 11.1 Å². The highest BCUT2D eigenvalue weighted by Crippen LogP contribution is 2.45. The van der Waals surface area contributed by atoms with Crippen LogP contribution in [0.4, 0.5) is 0 Å². The lowest BCUT2D eigenvalue weighted by Crippen LogP contribution is -2.39. The van der Waals surface area contributed by atoms with Crippen LogP contribution in [0.3, 0.4) is 0 Å². The molecule has 76 valence electrons. The lowest BCUT2D eigenvalue weighted by molar-refractivity contribution is 0.427. The Hall–Kier alpha value is -0.130. The molecule has 1 saturated carbocycles. The summed E-state index contributed by atoms with van der Waals surface area (Å²) < 4.78 is 22.4. The van der Waals surface area contributed by atoms with Crippen LogP contribution < -0.4 is 10.5 Å². The fraction of sp³-hybridized carbons (Fsp3) is 1.00. The molecule has 1 heterocycles. The highest BCUT2D eigenvalue weighted by Gasteiger charge is 2.55. The number of nitrogens with one attached hydrogen (secondary N) is 1. The smallest absolute Gasteiger partial charge is 0.212 e. The third kappa shape index (κ3) is 1.49. The monoisotopic (exact) mass is 204 g/mol. The summed E-state index contributed by atoms with van der Waals surface area (Å²) in [6.45, 7) is 2.70. The van der Waals surface area contributed by atoms with Gasteiger partial charge in [0.1, 0.15) is 0 Å². The van der Waals surface area contributed by atoms with E-state index in [4.69, 9.17) is 5.14 Å². The van der Waals surface area contributed by atoms with Crippen molar-refractivity contribution in [3.8, 4) is 0 Å². The van der Waals surface area contributed by atoms with Crippen molar-refractivity contribution >= 4 is 10.0 Å². The Labute approximate surface area is 78.9 Å². The van der Waals surface area contributed by atoms with Crippen LogP contribution in [0, 0.1) is 5.92 Å². The Morgan fingerprint density at radius 3 is 2.69 bits per heavy atom. The molecule has 0 bridgehead atoms. The van der Waals surface area contributed by atoms with E-state index in [-0.39, 0.29) is 11.5 Å². The van der Waals surface area contributed by atoms with Crippen LogP contribution in [-0.2, 0) is 10.0 Å². The van der Waals surface area contributed by atoms with Gasteiger partial charge in [0.2, 0.25) is 10.0 Å². The highest BCUT2D eigenvalue weighted by molar-refractivity contribution is 7.89. The number of sulfonamides is 1. The van der Waals surface area contributed by atoms with E-state index in [0.717, 1.165) is 25.8 Å². The quantitative estimate of drug-likeness (QED) is 0.611. The van der Waals surface area contributed by atoms with Crippen LogP contribution in [0.15, 0.2) is 0 Å². The van der Waals surface area contributed by atoms with Crippen molar-refractivity contribution in [1.29, 1.82) is 0 Å². The highest BCUT2D eigenvalue weighted by atomic mass is 32.2. The molecule has 13 heavy (non-hydrogen) atoms.